The molecule has 0 aliphatic heterocycles. The van der Waals surface area contributed by atoms with Crippen molar-refractivity contribution < 1.29 is 19.7 Å². The highest BCUT2D eigenvalue weighted by molar-refractivity contribution is 5.70. The van der Waals surface area contributed by atoms with Crippen LogP contribution < -0.4 is 5.73 Å². The van der Waals surface area contributed by atoms with Crippen molar-refractivity contribution in [2.75, 3.05) is 12.8 Å². The molecule has 0 fully saturated rings. The summed E-state index contributed by atoms with van der Waals surface area (Å²) in [5, 5.41) is 19.5. The van der Waals surface area contributed by atoms with Gasteiger partial charge >= 0.3 is 5.97 Å². The molecule has 1 aromatic rings. The molecule has 2 atom stereocenters. The van der Waals surface area contributed by atoms with Gasteiger partial charge in [0, 0.05) is 6.20 Å². The smallest absolute Gasteiger partial charge is 0.308 e. The van der Waals surface area contributed by atoms with Crippen molar-refractivity contribution in [1.82, 2.24) is 4.98 Å². The van der Waals surface area contributed by atoms with Gasteiger partial charge in [0.05, 0.1) is 31.0 Å². The Morgan fingerprint density at radius 1 is 1.59 bits per heavy atom. The zero-order chi connectivity index (χ0) is 13.0. The number of aliphatic hydroxyl groups is 2. The highest BCUT2D eigenvalue weighted by Gasteiger charge is 2.25. The second-order valence-corrected chi connectivity index (χ2v) is 3.72. The predicted molar refractivity (Wildman–Crippen MR) is 61.0 cm³/mol. The molecule has 0 amide bonds. The van der Waals surface area contributed by atoms with Crippen molar-refractivity contribution in [1.29, 1.82) is 0 Å². The van der Waals surface area contributed by atoms with E-state index in [4.69, 9.17) is 5.73 Å². The minimum atomic E-state index is -1.31. The van der Waals surface area contributed by atoms with Gasteiger partial charge in [0.1, 0.15) is 6.10 Å². The lowest BCUT2D eigenvalue weighted by molar-refractivity contribution is -0.144. The molecule has 0 aliphatic rings. The number of nitrogens with two attached hydrogens (primary N) is 1. The lowest BCUT2D eigenvalue weighted by Gasteiger charge is -2.18. The monoisotopic (exact) mass is 240 g/mol. The van der Waals surface area contributed by atoms with E-state index >= 15 is 0 Å². The van der Waals surface area contributed by atoms with Crippen molar-refractivity contribution in [2.45, 2.75) is 25.6 Å². The largest absolute Gasteiger partial charge is 0.469 e. The van der Waals surface area contributed by atoms with Crippen LogP contribution >= 0.6 is 0 Å². The number of hydrogen-bond acceptors (Lipinski definition) is 6. The summed E-state index contributed by atoms with van der Waals surface area (Å²) in [6.45, 7) is 1.76. The van der Waals surface area contributed by atoms with Gasteiger partial charge in [0.2, 0.25) is 0 Å². The number of aliphatic hydroxyl groups excluding tert-OH is 2. The molecular weight excluding hydrogens is 224 g/mol. The van der Waals surface area contributed by atoms with Gasteiger partial charge in [-0.05, 0) is 18.6 Å². The van der Waals surface area contributed by atoms with E-state index in [1.807, 2.05) is 0 Å². The zero-order valence-corrected chi connectivity index (χ0v) is 9.75. The molecule has 0 bridgehead atoms. The van der Waals surface area contributed by atoms with Gasteiger partial charge in [0.25, 0.3) is 0 Å². The normalized spacial score (nSPS) is 14.1. The number of carbonyl (C=O) groups is 1. The molecule has 0 aliphatic carbocycles. The van der Waals surface area contributed by atoms with E-state index in [0.29, 0.717) is 5.69 Å². The zero-order valence-electron chi connectivity index (χ0n) is 9.75. The molecule has 6 nitrogen and oxygen atoms in total. The van der Waals surface area contributed by atoms with Crippen molar-refractivity contribution in [2.24, 2.45) is 0 Å². The number of anilines is 1. The number of nitrogen functional groups attached to an aromatic ring is 1. The first-order valence-corrected chi connectivity index (χ1v) is 5.11. The Morgan fingerprint density at radius 3 is 2.82 bits per heavy atom. The van der Waals surface area contributed by atoms with E-state index in [-0.39, 0.29) is 12.1 Å². The average molecular weight is 240 g/mol. The highest BCUT2D eigenvalue weighted by atomic mass is 16.5. The number of nitrogens with zero attached hydrogens (tertiary/aromatic N) is 1. The van der Waals surface area contributed by atoms with Gasteiger partial charge in [-0.2, -0.15) is 0 Å². The number of hydrogen-bond donors (Lipinski definition) is 3. The Kier molecular flexibility index (Phi) is 4.42. The van der Waals surface area contributed by atoms with Crippen LogP contribution in [0.1, 0.15) is 23.8 Å². The summed E-state index contributed by atoms with van der Waals surface area (Å²) in [5.74, 6) is -0.609. The fraction of sp³-hybridized carbons (Fsp3) is 0.455. The number of pyridine rings is 1. The van der Waals surface area contributed by atoms with E-state index in [2.05, 4.69) is 9.72 Å². The number of aryl methyl sites for hydroxylation is 1. The molecule has 0 spiro atoms. The molecule has 4 N–H and O–H groups in total. The van der Waals surface area contributed by atoms with Gasteiger partial charge in [-0.3, -0.25) is 9.78 Å². The molecule has 1 heterocycles. The first-order chi connectivity index (χ1) is 7.97. The maximum Gasteiger partial charge on any atom is 0.308 e. The standard InChI is InChI=1S/C11H16N2O4/c1-6-3-4-13-10(9(6)12)11(16)7(14)5-8(15)17-2/h3-4,7,11,14,16H,5,12H2,1-2H3. The summed E-state index contributed by atoms with van der Waals surface area (Å²) < 4.78 is 4.40. The topological polar surface area (TPSA) is 106 Å². The Balaban J connectivity index is 2.85. The van der Waals surface area contributed by atoms with Gasteiger partial charge in [0.15, 0.2) is 0 Å². The SMILES string of the molecule is COC(=O)CC(O)C(O)c1nccc(C)c1N. The molecule has 0 saturated carbocycles. The predicted octanol–water partition coefficient (Wildman–Crippen LogP) is -0.0704. The van der Waals surface area contributed by atoms with Crippen LogP contribution in [0.2, 0.25) is 0 Å². The van der Waals surface area contributed by atoms with Crippen LogP contribution in [0.4, 0.5) is 5.69 Å². The number of aromatic nitrogens is 1. The molecular formula is C11H16N2O4. The highest BCUT2D eigenvalue weighted by Crippen LogP contribution is 2.24. The van der Waals surface area contributed by atoms with Crippen LogP contribution in [0, 0.1) is 6.92 Å². The fourth-order valence-corrected chi connectivity index (χ4v) is 1.37. The van der Waals surface area contributed by atoms with Gasteiger partial charge in [-0.1, -0.05) is 0 Å². The lowest BCUT2D eigenvalue weighted by atomic mass is 10.0. The first kappa shape index (κ1) is 13.4. The van der Waals surface area contributed by atoms with E-state index in [9.17, 15) is 15.0 Å². The summed E-state index contributed by atoms with van der Waals surface area (Å²) in [5.41, 5.74) is 6.96. The number of esters is 1. The number of ether oxygens (including phenoxy) is 1. The van der Waals surface area contributed by atoms with Gasteiger partial charge in [-0.25, -0.2) is 0 Å². The number of methoxy groups -OCH3 is 1. The van der Waals surface area contributed by atoms with Crippen LogP contribution in [-0.4, -0.2) is 34.4 Å². The molecule has 0 radical (unpaired) electrons. The molecule has 94 valence electrons. The fourth-order valence-electron chi connectivity index (χ4n) is 1.37. The molecule has 0 saturated heterocycles. The summed E-state index contributed by atoms with van der Waals surface area (Å²) in [6, 6.07) is 1.69. The Hall–Kier alpha value is -1.66. The quantitative estimate of drug-likeness (QED) is 0.636. The van der Waals surface area contributed by atoms with Crippen LogP contribution in [0.15, 0.2) is 12.3 Å². The summed E-state index contributed by atoms with van der Waals surface area (Å²) >= 11 is 0. The first-order valence-electron chi connectivity index (χ1n) is 5.11. The molecule has 2 unspecified atom stereocenters. The Bertz CT molecular complexity index is 408. The van der Waals surface area contributed by atoms with Crippen LogP contribution in [-0.2, 0) is 9.53 Å². The van der Waals surface area contributed by atoms with E-state index in [1.54, 1.807) is 13.0 Å². The van der Waals surface area contributed by atoms with Crippen LogP contribution in [0.25, 0.3) is 0 Å². The van der Waals surface area contributed by atoms with E-state index in [0.717, 1.165) is 5.56 Å². The maximum atomic E-state index is 11.0. The lowest BCUT2D eigenvalue weighted by Crippen LogP contribution is -2.24. The van der Waals surface area contributed by atoms with E-state index < -0.39 is 18.2 Å². The van der Waals surface area contributed by atoms with Crippen molar-refractivity contribution in [3.8, 4) is 0 Å². The van der Waals surface area contributed by atoms with E-state index in [1.165, 1.54) is 13.3 Å². The average Bonchev–Trinajstić information content (AvgIpc) is 2.31. The minimum absolute atomic E-state index is 0.168. The Labute approximate surface area is 99.0 Å². The molecule has 17 heavy (non-hydrogen) atoms. The summed E-state index contributed by atoms with van der Waals surface area (Å²) in [6.07, 6.45) is -1.44. The third kappa shape index (κ3) is 3.15. The van der Waals surface area contributed by atoms with Crippen molar-refractivity contribution in [3.05, 3.63) is 23.5 Å². The van der Waals surface area contributed by atoms with Crippen LogP contribution in [0.5, 0.6) is 0 Å². The third-order valence-corrected chi connectivity index (χ3v) is 2.49. The molecule has 1 aromatic heterocycles. The number of rotatable bonds is 4. The number of carbonyl (C=O) groups excluding carboxylic acids is 1. The summed E-state index contributed by atoms with van der Waals surface area (Å²) in [4.78, 5) is 14.9. The summed E-state index contributed by atoms with van der Waals surface area (Å²) in [7, 11) is 1.21. The van der Waals surface area contributed by atoms with Crippen molar-refractivity contribution in [3.63, 3.8) is 0 Å². The molecule has 6 heteroatoms. The molecule has 1 rings (SSSR count). The van der Waals surface area contributed by atoms with Crippen molar-refractivity contribution >= 4 is 11.7 Å². The Morgan fingerprint density at radius 2 is 2.24 bits per heavy atom. The van der Waals surface area contributed by atoms with Gasteiger partial charge < -0.3 is 20.7 Å². The van der Waals surface area contributed by atoms with Crippen LogP contribution in [0.3, 0.4) is 0 Å². The molecule has 0 aromatic carbocycles. The van der Waals surface area contributed by atoms with Gasteiger partial charge in [-0.15, -0.1) is 0 Å². The maximum absolute atomic E-state index is 11.0. The second kappa shape index (κ2) is 5.60. The minimum Gasteiger partial charge on any atom is -0.469 e. The third-order valence-electron chi connectivity index (χ3n) is 2.49. The second-order valence-electron chi connectivity index (χ2n) is 3.72.